The van der Waals surface area contributed by atoms with Crippen LogP contribution in [0.2, 0.25) is 0 Å². The summed E-state index contributed by atoms with van der Waals surface area (Å²) in [7, 11) is -3.92. The van der Waals surface area contributed by atoms with E-state index in [2.05, 4.69) is 9.71 Å². The molecule has 0 saturated carbocycles. The van der Waals surface area contributed by atoms with Gasteiger partial charge in [0, 0.05) is 6.20 Å². The Labute approximate surface area is 109 Å². The van der Waals surface area contributed by atoms with Gasteiger partial charge in [0.2, 0.25) is 0 Å². The van der Waals surface area contributed by atoms with E-state index >= 15 is 0 Å². The van der Waals surface area contributed by atoms with E-state index in [1.54, 1.807) is 6.07 Å². The molecule has 0 aliphatic heterocycles. The summed E-state index contributed by atoms with van der Waals surface area (Å²) in [5, 5.41) is 8.58. The van der Waals surface area contributed by atoms with Gasteiger partial charge in [0.25, 0.3) is 10.0 Å². The van der Waals surface area contributed by atoms with E-state index in [-0.39, 0.29) is 16.3 Å². The molecular formula is C12H8FN3O2S. The molecule has 5 nitrogen and oxygen atoms in total. The lowest BCUT2D eigenvalue weighted by Gasteiger charge is -2.08. The van der Waals surface area contributed by atoms with Crippen LogP contribution in [0.3, 0.4) is 0 Å². The van der Waals surface area contributed by atoms with E-state index in [9.17, 15) is 12.8 Å². The van der Waals surface area contributed by atoms with Gasteiger partial charge >= 0.3 is 0 Å². The van der Waals surface area contributed by atoms with Gasteiger partial charge < -0.3 is 0 Å². The average Bonchev–Trinajstić information content (AvgIpc) is 2.41. The van der Waals surface area contributed by atoms with Crippen molar-refractivity contribution in [1.82, 2.24) is 4.98 Å². The van der Waals surface area contributed by atoms with Gasteiger partial charge in [-0.25, -0.2) is 17.8 Å². The average molecular weight is 277 g/mol. The highest BCUT2D eigenvalue weighted by Crippen LogP contribution is 2.18. The maximum atomic E-state index is 13.4. The molecule has 0 atom stereocenters. The van der Waals surface area contributed by atoms with Crippen LogP contribution in [-0.4, -0.2) is 13.4 Å². The Bertz CT molecular complexity index is 736. The molecule has 0 aliphatic rings. The number of hydrogen-bond acceptors (Lipinski definition) is 4. The molecule has 7 heteroatoms. The molecule has 1 heterocycles. The number of pyridine rings is 1. The molecule has 2 aromatic rings. The Hall–Kier alpha value is -2.46. The highest BCUT2D eigenvalue weighted by Gasteiger charge is 2.16. The number of nitrogens with one attached hydrogen (secondary N) is 1. The Kier molecular flexibility index (Phi) is 3.44. The third kappa shape index (κ3) is 2.86. The maximum Gasteiger partial charge on any atom is 0.263 e. The molecule has 19 heavy (non-hydrogen) atoms. The van der Waals surface area contributed by atoms with Crippen molar-refractivity contribution in [3.05, 3.63) is 54.1 Å². The standard InChI is InChI=1S/C12H8FN3O2S/c13-11-3-1-2-4-12(11)16-19(17,18)10-6-5-9(7-14)15-8-10/h1-6,8,16H. The van der Waals surface area contributed by atoms with Crippen molar-refractivity contribution in [2.24, 2.45) is 0 Å². The second-order valence-corrected chi connectivity index (χ2v) is 5.26. The predicted molar refractivity (Wildman–Crippen MR) is 66.2 cm³/mol. The van der Waals surface area contributed by atoms with Gasteiger partial charge in [-0.05, 0) is 24.3 Å². The van der Waals surface area contributed by atoms with E-state index in [0.717, 1.165) is 12.3 Å². The minimum Gasteiger partial charge on any atom is -0.277 e. The predicted octanol–water partition coefficient (Wildman–Crippen LogP) is 1.89. The smallest absolute Gasteiger partial charge is 0.263 e. The van der Waals surface area contributed by atoms with Crippen molar-refractivity contribution in [2.45, 2.75) is 4.90 Å². The summed E-state index contributed by atoms with van der Waals surface area (Å²) in [6.07, 6.45) is 1.04. The molecule has 0 amide bonds. The second kappa shape index (κ2) is 5.04. The van der Waals surface area contributed by atoms with Crippen LogP contribution in [0, 0.1) is 17.1 Å². The van der Waals surface area contributed by atoms with Gasteiger partial charge in [0.05, 0.1) is 5.69 Å². The molecular weight excluding hydrogens is 269 g/mol. The van der Waals surface area contributed by atoms with Crippen molar-refractivity contribution in [3.63, 3.8) is 0 Å². The first-order valence-electron chi connectivity index (χ1n) is 5.16. The summed E-state index contributed by atoms with van der Waals surface area (Å²) in [5.74, 6) is -0.673. The fraction of sp³-hybridized carbons (Fsp3) is 0. The van der Waals surface area contributed by atoms with Crippen LogP contribution in [0.1, 0.15) is 5.69 Å². The fourth-order valence-electron chi connectivity index (χ4n) is 1.35. The number of anilines is 1. The van der Waals surface area contributed by atoms with Crippen LogP contribution in [-0.2, 0) is 10.0 Å². The summed E-state index contributed by atoms with van der Waals surface area (Å²) in [4.78, 5) is 3.51. The van der Waals surface area contributed by atoms with Crippen molar-refractivity contribution in [1.29, 1.82) is 5.26 Å². The molecule has 1 N–H and O–H groups in total. The molecule has 0 aliphatic carbocycles. The number of benzene rings is 1. The molecule has 0 radical (unpaired) electrons. The largest absolute Gasteiger partial charge is 0.277 e. The van der Waals surface area contributed by atoms with Crippen molar-refractivity contribution < 1.29 is 12.8 Å². The number of nitriles is 1. The molecule has 0 fully saturated rings. The molecule has 0 spiro atoms. The summed E-state index contributed by atoms with van der Waals surface area (Å²) in [6, 6.07) is 9.71. The Morgan fingerprint density at radius 1 is 1.21 bits per heavy atom. The minimum atomic E-state index is -3.92. The number of para-hydroxylation sites is 1. The van der Waals surface area contributed by atoms with Gasteiger partial charge in [-0.3, -0.25) is 4.72 Å². The van der Waals surface area contributed by atoms with Crippen LogP contribution in [0.4, 0.5) is 10.1 Å². The lowest BCUT2D eigenvalue weighted by Crippen LogP contribution is -2.14. The van der Waals surface area contributed by atoms with E-state index in [4.69, 9.17) is 5.26 Å². The lowest BCUT2D eigenvalue weighted by molar-refractivity contribution is 0.598. The zero-order valence-corrected chi connectivity index (χ0v) is 10.4. The molecule has 1 aromatic heterocycles. The first kappa shape index (κ1) is 13.0. The fourth-order valence-corrected chi connectivity index (χ4v) is 2.36. The molecule has 2 rings (SSSR count). The van der Waals surface area contributed by atoms with Crippen LogP contribution in [0.15, 0.2) is 47.5 Å². The number of rotatable bonds is 3. The van der Waals surface area contributed by atoms with Crippen LogP contribution in [0.5, 0.6) is 0 Å². The first-order chi connectivity index (χ1) is 9.03. The molecule has 0 unspecified atom stereocenters. The third-order valence-corrected chi connectivity index (χ3v) is 3.63. The van der Waals surface area contributed by atoms with Crippen LogP contribution >= 0.6 is 0 Å². The summed E-state index contributed by atoms with van der Waals surface area (Å²) in [5.41, 5.74) is -0.0447. The zero-order chi connectivity index (χ0) is 13.9. The highest BCUT2D eigenvalue weighted by molar-refractivity contribution is 7.92. The number of nitrogens with zero attached hydrogens (tertiary/aromatic N) is 2. The highest BCUT2D eigenvalue weighted by atomic mass is 32.2. The molecule has 96 valence electrons. The Morgan fingerprint density at radius 2 is 1.95 bits per heavy atom. The topological polar surface area (TPSA) is 82.8 Å². The number of halogens is 1. The Morgan fingerprint density at radius 3 is 2.53 bits per heavy atom. The van der Waals surface area contributed by atoms with Gasteiger partial charge in [0.15, 0.2) is 0 Å². The summed E-state index contributed by atoms with van der Waals surface area (Å²) < 4.78 is 39.4. The molecule has 0 saturated heterocycles. The van der Waals surface area contributed by atoms with Gasteiger partial charge in [0.1, 0.15) is 22.5 Å². The number of hydrogen-bond donors (Lipinski definition) is 1. The van der Waals surface area contributed by atoms with Gasteiger partial charge in [-0.1, -0.05) is 12.1 Å². The van der Waals surface area contributed by atoms with Crippen LogP contribution < -0.4 is 4.72 Å². The zero-order valence-electron chi connectivity index (χ0n) is 9.54. The molecule has 1 aromatic carbocycles. The van der Waals surface area contributed by atoms with E-state index in [1.165, 1.54) is 30.3 Å². The van der Waals surface area contributed by atoms with Gasteiger partial charge in [-0.15, -0.1) is 0 Å². The molecule has 0 bridgehead atoms. The van der Waals surface area contributed by atoms with Crippen molar-refractivity contribution in [3.8, 4) is 6.07 Å². The maximum absolute atomic E-state index is 13.4. The van der Waals surface area contributed by atoms with E-state index in [0.29, 0.717) is 0 Å². The third-order valence-electron chi connectivity index (χ3n) is 2.28. The van der Waals surface area contributed by atoms with Crippen molar-refractivity contribution in [2.75, 3.05) is 4.72 Å². The SMILES string of the molecule is N#Cc1ccc(S(=O)(=O)Nc2ccccc2F)cn1. The quantitative estimate of drug-likeness (QED) is 0.928. The summed E-state index contributed by atoms with van der Waals surface area (Å²) in [6.45, 7) is 0. The van der Waals surface area contributed by atoms with E-state index in [1.807, 2.05) is 0 Å². The summed E-state index contributed by atoms with van der Waals surface area (Å²) >= 11 is 0. The number of sulfonamides is 1. The van der Waals surface area contributed by atoms with Crippen LogP contribution in [0.25, 0.3) is 0 Å². The Balaban J connectivity index is 2.33. The minimum absolute atomic E-state index is 0.102. The normalized spacial score (nSPS) is 10.7. The first-order valence-corrected chi connectivity index (χ1v) is 6.65. The van der Waals surface area contributed by atoms with E-state index < -0.39 is 15.8 Å². The second-order valence-electron chi connectivity index (χ2n) is 3.58. The van der Waals surface area contributed by atoms with Gasteiger partial charge in [-0.2, -0.15) is 5.26 Å². The van der Waals surface area contributed by atoms with Crippen molar-refractivity contribution >= 4 is 15.7 Å². The monoisotopic (exact) mass is 277 g/mol. The number of aromatic nitrogens is 1. The lowest BCUT2D eigenvalue weighted by atomic mass is 10.3.